The number of likely N-dealkylation sites (tertiary alicyclic amines) is 1. The number of fused-ring (bicyclic) bond motifs is 1. The van der Waals surface area contributed by atoms with Gasteiger partial charge >= 0.3 is 0 Å². The Morgan fingerprint density at radius 2 is 2.29 bits per heavy atom. The first-order chi connectivity index (χ1) is 10.1. The fourth-order valence-corrected chi connectivity index (χ4v) is 3.01. The van der Waals surface area contributed by atoms with Crippen LogP contribution < -0.4 is 5.73 Å². The molecule has 3 rings (SSSR count). The molecule has 4 N–H and O–H groups in total. The number of carbonyl (C=O) groups is 1. The van der Waals surface area contributed by atoms with Crippen molar-refractivity contribution in [2.24, 2.45) is 5.73 Å². The van der Waals surface area contributed by atoms with Crippen LogP contribution in [0.1, 0.15) is 18.4 Å². The molecule has 0 aliphatic carbocycles. The van der Waals surface area contributed by atoms with Crippen molar-refractivity contribution in [2.45, 2.75) is 31.4 Å². The highest BCUT2D eigenvalue weighted by Gasteiger charge is 2.26. The standard InChI is InChI=1S/C16H21N3O2/c17-14(16(21)19-7-3-4-12(20)10-19)8-11-9-18-15-6-2-1-5-13(11)15/h1-2,5-6,9,12,14,18,20H,3-4,7-8,10,17H2/t12-,14?/m0/s1. The Bertz CT molecular complexity index is 637. The van der Waals surface area contributed by atoms with Gasteiger partial charge in [0.1, 0.15) is 0 Å². The number of aromatic amines is 1. The Morgan fingerprint density at radius 3 is 3.10 bits per heavy atom. The summed E-state index contributed by atoms with van der Waals surface area (Å²) in [4.78, 5) is 17.3. The molecule has 1 fully saturated rings. The number of β-amino-alcohol motifs (C(OH)–C–C–N with tert-alkyl or cyclic N) is 1. The number of benzene rings is 1. The molecule has 21 heavy (non-hydrogen) atoms. The van der Waals surface area contributed by atoms with Crippen LogP contribution in [0.2, 0.25) is 0 Å². The van der Waals surface area contributed by atoms with Crippen molar-refractivity contribution >= 4 is 16.8 Å². The quantitative estimate of drug-likeness (QED) is 0.788. The summed E-state index contributed by atoms with van der Waals surface area (Å²) in [6.07, 6.45) is 3.62. The van der Waals surface area contributed by atoms with E-state index < -0.39 is 12.1 Å². The number of nitrogens with one attached hydrogen (secondary N) is 1. The van der Waals surface area contributed by atoms with Crippen LogP contribution in [0.4, 0.5) is 0 Å². The molecule has 2 heterocycles. The number of hydrogen-bond donors (Lipinski definition) is 3. The van der Waals surface area contributed by atoms with Gasteiger partial charge in [0.2, 0.25) is 5.91 Å². The van der Waals surface area contributed by atoms with Crippen LogP contribution in [0.15, 0.2) is 30.5 Å². The van der Waals surface area contributed by atoms with Crippen LogP contribution >= 0.6 is 0 Å². The second-order valence-electron chi connectivity index (χ2n) is 5.75. The molecule has 5 nitrogen and oxygen atoms in total. The van der Waals surface area contributed by atoms with Gasteiger partial charge in [0.05, 0.1) is 12.1 Å². The molecule has 0 spiro atoms. The van der Waals surface area contributed by atoms with Crippen molar-refractivity contribution in [3.05, 3.63) is 36.0 Å². The van der Waals surface area contributed by atoms with Crippen molar-refractivity contribution in [3.8, 4) is 0 Å². The van der Waals surface area contributed by atoms with Gasteiger partial charge in [0.25, 0.3) is 0 Å². The molecule has 1 aliphatic rings. The third-order valence-electron chi connectivity index (χ3n) is 4.14. The Kier molecular flexibility index (Phi) is 3.94. The zero-order chi connectivity index (χ0) is 14.8. The van der Waals surface area contributed by atoms with E-state index in [9.17, 15) is 9.90 Å². The number of aromatic nitrogens is 1. The van der Waals surface area contributed by atoms with Gasteiger partial charge in [0, 0.05) is 30.2 Å². The van der Waals surface area contributed by atoms with Crippen LogP contribution in [-0.4, -0.2) is 46.1 Å². The average Bonchev–Trinajstić information content (AvgIpc) is 2.90. The molecule has 2 aromatic rings. The second kappa shape index (κ2) is 5.87. The van der Waals surface area contributed by atoms with Crippen molar-refractivity contribution in [3.63, 3.8) is 0 Å². The van der Waals surface area contributed by atoms with Crippen LogP contribution in [0.25, 0.3) is 10.9 Å². The first-order valence-corrected chi connectivity index (χ1v) is 7.42. The van der Waals surface area contributed by atoms with Gasteiger partial charge < -0.3 is 20.7 Å². The van der Waals surface area contributed by atoms with E-state index in [0.29, 0.717) is 19.5 Å². The molecule has 0 saturated carbocycles. The molecule has 1 aliphatic heterocycles. The summed E-state index contributed by atoms with van der Waals surface area (Å²) >= 11 is 0. The van der Waals surface area contributed by atoms with Crippen molar-refractivity contribution in [2.75, 3.05) is 13.1 Å². The number of nitrogens with two attached hydrogens (primary N) is 1. The summed E-state index contributed by atoms with van der Waals surface area (Å²) in [5.41, 5.74) is 8.20. The number of H-pyrrole nitrogens is 1. The number of para-hydroxylation sites is 1. The third kappa shape index (κ3) is 2.94. The Hall–Kier alpha value is -1.85. The lowest BCUT2D eigenvalue weighted by molar-refractivity contribution is -0.135. The molecule has 1 unspecified atom stereocenters. The summed E-state index contributed by atoms with van der Waals surface area (Å²) in [5, 5.41) is 10.8. The number of hydrogen-bond acceptors (Lipinski definition) is 3. The largest absolute Gasteiger partial charge is 0.391 e. The van der Waals surface area contributed by atoms with E-state index in [4.69, 9.17) is 5.73 Å². The minimum absolute atomic E-state index is 0.0703. The summed E-state index contributed by atoms with van der Waals surface area (Å²) < 4.78 is 0. The van der Waals surface area contributed by atoms with E-state index in [1.165, 1.54) is 0 Å². The summed E-state index contributed by atoms with van der Waals surface area (Å²) in [6.45, 7) is 1.10. The molecule has 112 valence electrons. The Balaban J connectivity index is 1.70. The van der Waals surface area contributed by atoms with Gasteiger partial charge in [0.15, 0.2) is 0 Å². The highest BCUT2D eigenvalue weighted by molar-refractivity contribution is 5.86. The molecule has 1 amide bonds. The van der Waals surface area contributed by atoms with Crippen LogP contribution in [0.5, 0.6) is 0 Å². The summed E-state index contributed by atoms with van der Waals surface area (Å²) in [7, 11) is 0. The van der Waals surface area contributed by atoms with E-state index in [2.05, 4.69) is 4.98 Å². The van der Waals surface area contributed by atoms with E-state index >= 15 is 0 Å². The molecule has 1 aromatic carbocycles. The monoisotopic (exact) mass is 287 g/mol. The number of piperidine rings is 1. The highest BCUT2D eigenvalue weighted by atomic mass is 16.3. The maximum Gasteiger partial charge on any atom is 0.239 e. The Morgan fingerprint density at radius 1 is 1.48 bits per heavy atom. The van der Waals surface area contributed by atoms with E-state index in [0.717, 1.165) is 29.3 Å². The van der Waals surface area contributed by atoms with Crippen LogP contribution in [-0.2, 0) is 11.2 Å². The second-order valence-corrected chi connectivity index (χ2v) is 5.75. The molecule has 2 atom stereocenters. The normalized spacial score (nSPS) is 20.7. The summed E-state index contributed by atoms with van der Waals surface area (Å²) in [6, 6.07) is 7.43. The van der Waals surface area contributed by atoms with E-state index in [1.54, 1.807) is 4.90 Å². The van der Waals surface area contributed by atoms with Gasteiger partial charge in [-0.25, -0.2) is 0 Å². The third-order valence-corrected chi connectivity index (χ3v) is 4.14. The average molecular weight is 287 g/mol. The molecule has 1 aromatic heterocycles. The SMILES string of the molecule is NC(Cc1c[nH]c2ccccc12)C(=O)N1CCC[C@H](O)C1. The maximum atomic E-state index is 12.4. The number of amides is 1. The molecule has 5 heteroatoms. The molecular weight excluding hydrogens is 266 g/mol. The van der Waals surface area contributed by atoms with Gasteiger partial charge in [-0.3, -0.25) is 4.79 Å². The lowest BCUT2D eigenvalue weighted by atomic mass is 10.0. The van der Waals surface area contributed by atoms with Crippen molar-refractivity contribution in [1.29, 1.82) is 0 Å². The molecular formula is C16H21N3O2. The van der Waals surface area contributed by atoms with Gasteiger partial charge in [-0.2, -0.15) is 0 Å². The number of aliphatic hydroxyl groups excluding tert-OH is 1. The zero-order valence-corrected chi connectivity index (χ0v) is 12.0. The smallest absolute Gasteiger partial charge is 0.239 e. The van der Waals surface area contributed by atoms with Gasteiger partial charge in [-0.1, -0.05) is 18.2 Å². The predicted molar refractivity (Wildman–Crippen MR) is 81.8 cm³/mol. The fraction of sp³-hybridized carbons (Fsp3) is 0.438. The van der Waals surface area contributed by atoms with Crippen molar-refractivity contribution < 1.29 is 9.90 Å². The first-order valence-electron chi connectivity index (χ1n) is 7.42. The van der Waals surface area contributed by atoms with Crippen LogP contribution in [0.3, 0.4) is 0 Å². The van der Waals surface area contributed by atoms with Gasteiger partial charge in [-0.15, -0.1) is 0 Å². The number of carbonyl (C=O) groups excluding carboxylic acids is 1. The predicted octanol–water partition coefficient (Wildman–Crippen LogP) is 1.02. The van der Waals surface area contributed by atoms with Crippen LogP contribution in [0, 0.1) is 0 Å². The topological polar surface area (TPSA) is 82.4 Å². The lowest BCUT2D eigenvalue weighted by Gasteiger charge is -2.32. The highest BCUT2D eigenvalue weighted by Crippen LogP contribution is 2.19. The maximum absolute atomic E-state index is 12.4. The number of nitrogens with zero attached hydrogens (tertiary/aromatic N) is 1. The zero-order valence-electron chi connectivity index (χ0n) is 12.0. The van der Waals surface area contributed by atoms with E-state index in [-0.39, 0.29) is 5.91 Å². The molecule has 1 saturated heterocycles. The number of rotatable bonds is 3. The number of aliphatic hydroxyl groups is 1. The lowest BCUT2D eigenvalue weighted by Crippen LogP contribution is -2.50. The molecule has 0 bridgehead atoms. The first kappa shape index (κ1) is 14.1. The fourth-order valence-electron chi connectivity index (χ4n) is 3.01. The molecule has 0 radical (unpaired) electrons. The minimum atomic E-state index is -0.561. The Labute approximate surface area is 123 Å². The summed E-state index contributed by atoms with van der Waals surface area (Å²) in [5.74, 6) is -0.0703. The van der Waals surface area contributed by atoms with E-state index in [1.807, 2.05) is 30.5 Å². The van der Waals surface area contributed by atoms with Crippen molar-refractivity contribution in [1.82, 2.24) is 9.88 Å². The van der Waals surface area contributed by atoms with Gasteiger partial charge in [-0.05, 0) is 30.9 Å². The minimum Gasteiger partial charge on any atom is -0.391 e.